The van der Waals surface area contributed by atoms with Gasteiger partial charge in [0.1, 0.15) is 24.7 Å². The van der Waals surface area contributed by atoms with Crippen LogP contribution in [0, 0.1) is 0 Å². The maximum absolute atomic E-state index is 12.4. The molecule has 0 radical (unpaired) electrons. The second-order valence-corrected chi connectivity index (χ2v) is 7.63. The van der Waals surface area contributed by atoms with Gasteiger partial charge in [-0.2, -0.15) is 0 Å². The van der Waals surface area contributed by atoms with Crippen molar-refractivity contribution in [3.05, 3.63) is 90.0 Å². The Morgan fingerprint density at radius 1 is 0.788 bits per heavy atom. The van der Waals surface area contributed by atoms with Crippen LogP contribution < -0.4 is 20.1 Å². The SMILES string of the molecule is CN(C)C(=O)c1ccc(NC(=S)NC(=O)c2ccc(OCCOc3ccccc3)cc2)cc1. The summed E-state index contributed by atoms with van der Waals surface area (Å²) in [6.07, 6.45) is 0. The van der Waals surface area contributed by atoms with Crippen molar-refractivity contribution in [2.45, 2.75) is 0 Å². The van der Waals surface area contributed by atoms with Gasteiger partial charge in [-0.25, -0.2) is 0 Å². The number of thiocarbonyl (C=S) groups is 1. The first-order valence-corrected chi connectivity index (χ1v) is 10.7. The summed E-state index contributed by atoms with van der Waals surface area (Å²) < 4.78 is 11.2. The summed E-state index contributed by atoms with van der Waals surface area (Å²) >= 11 is 5.22. The predicted molar refractivity (Wildman–Crippen MR) is 132 cm³/mol. The summed E-state index contributed by atoms with van der Waals surface area (Å²) in [5.41, 5.74) is 1.67. The van der Waals surface area contributed by atoms with Crippen LogP contribution in [0.3, 0.4) is 0 Å². The van der Waals surface area contributed by atoms with E-state index in [4.69, 9.17) is 21.7 Å². The van der Waals surface area contributed by atoms with Crippen molar-refractivity contribution in [1.29, 1.82) is 0 Å². The second kappa shape index (κ2) is 11.6. The van der Waals surface area contributed by atoms with Gasteiger partial charge in [0.15, 0.2) is 5.11 Å². The fourth-order valence-electron chi connectivity index (χ4n) is 2.83. The predicted octanol–water partition coefficient (Wildman–Crippen LogP) is 3.97. The lowest BCUT2D eigenvalue weighted by Gasteiger charge is -2.12. The summed E-state index contributed by atoms with van der Waals surface area (Å²) in [6.45, 7) is 0.795. The molecule has 0 saturated carbocycles. The van der Waals surface area contributed by atoms with Gasteiger partial charge in [-0.1, -0.05) is 18.2 Å². The van der Waals surface area contributed by atoms with Crippen LogP contribution >= 0.6 is 12.2 Å². The number of nitrogens with one attached hydrogen (secondary N) is 2. The molecule has 3 rings (SSSR count). The lowest BCUT2D eigenvalue weighted by molar-refractivity contribution is 0.0827. The topological polar surface area (TPSA) is 79.9 Å². The molecule has 0 unspecified atom stereocenters. The van der Waals surface area contributed by atoms with E-state index in [1.807, 2.05) is 30.3 Å². The largest absolute Gasteiger partial charge is 0.490 e. The highest BCUT2D eigenvalue weighted by atomic mass is 32.1. The van der Waals surface area contributed by atoms with Crippen LogP contribution in [0.4, 0.5) is 5.69 Å². The summed E-state index contributed by atoms with van der Waals surface area (Å²) in [4.78, 5) is 25.9. The number of carbonyl (C=O) groups excluding carboxylic acids is 2. The first-order chi connectivity index (χ1) is 15.9. The Hall–Kier alpha value is -3.91. The number of rotatable bonds is 8. The molecule has 3 aromatic carbocycles. The normalized spacial score (nSPS) is 10.1. The molecule has 0 aromatic heterocycles. The van der Waals surface area contributed by atoms with Crippen LogP contribution in [-0.4, -0.2) is 49.1 Å². The van der Waals surface area contributed by atoms with E-state index in [1.54, 1.807) is 62.6 Å². The molecule has 8 heteroatoms. The number of benzene rings is 3. The highest BCUT2D eigenvalue weighted by molar-refractivity contribution is 7.80. The van der Waals surface area contributed by atoms with Gasteiger partial charge in [-0.15, -0.1) is 0 Å². The number of hydrogen-bond donors (Lipinski definition) is 2. The lowest BCUT2D eigenvalue weighted by Crippen LogP contribution is -2.34. The van der Waals surface area contributed by atoms with E-state index < -0.39 is 0 Å². The average molecular weight is 464 g/mol. The van der Waals surface area contributed by atoms with Crippen molar-refractivity contribution in [3.63, 3.8) is 0 Å². The minimum absolute atomic E-state index is 0.0893. The maximum atomic E-state index is 12.4. The van der Waals surface area contributed by atoms with Gasteiger partial charge in [-0.05, 0) is 72.9 Å². The first kappa shape index (κ1) is 23.7. The molecule has 0 heterocycles. The summed E-state index contributed by atoms with van der Waals surface area (Å²) in [5, 5.41) is 5.73. The van der Waals surface area contributed by atoms with E-state index in [-0.39, 0.29) is 16.9 Å². The van der Waals surface area contributed by atoms with Crippen LogP contribution in [0.5, 0.6) is 11.5 Å². The Labute approximate surface area is 198 Å². The molecular weight excluding hydrogens is 438 g/mol. The highest BCUT2D eigenvalue weighted by Gasteiger charge is 2.10. The highest BCUT2D eigenvalue weighted by Crippen LogP contribution is 2.14. The van der Waals surface area contributed by atoms with Gasteiger partial charge in [0.05, 0.1) is 0 Å². The number of anilines is 1. The average Bonchev–Trinajstić information content (AvgIpc) is 2.82. The summed E-state index contributed by atoms with van der Waals surface area (Å²) in [7, 11) is 3.39. The molecule has 0 bridgehead atoms. The third-order valence-corrected chi connectivity index (χ3v) is 4.71. The number of para-hydroxylation sites is 1. The molecule has 0 aliphatic heterocycles. The molecule has 3 aromatic rings. The third-order valence-electron chi connectivity index (χ3n) is 4.50. The summed E-state index contributed by atoms with van der Waals surface area (Å²) in [6, 6.07) is 23.1. The number of carbonyl (C=O) groups is 2. The van der Waals surface area contributed by atoms with E-state index >= 15 is 0 Å². The van der Waals surface area contributed by atoms with Gasteiger partial charge >= 0.3 is 0 Å². The molecular formula is C25H25N3O4S. The smallest absolute Gasteiger partial charge is 0.257 e. The zero-order valence-corrected chi connectivity index (χ0v) is 19.2. The van der Waals surface area contributed by atoms with E-state index in [9.17, 15) is 9.59 Å². The van der Waals surface area contributed by atoms with E-state index in [2.05, 4.69) is 10.6 Å². The molecule has 7 nitrogen and oxygen atoms in total. The Balaban J connectivity index is 1.44. The Kier molecular flexibility index (Phi) is 8.37. The van der Waals surface area contributed by atoms with Gasteiger partial charge in [0.25, 0.3) is 11.8 Å². The van der Waals surface area contributed by atoms with Crippen molar-refractivity contribution >= 4 is 34.8 Å². The molecule has 0 atom stereocenters. The minimum Gasteiger partial charge on any atom is -0.490 e. The van der Waals surface area contributed by atoms with Crippen molar-refractivity contribution in [3.8, 4) is 11.5 Å². The number of nitrogens with zero attached hydrogens (tertiary/aromatic N) is 1. The standard InChI is InChI=1S/C25H25N3O4S/c1-28(2)24(30)19-8-12-20(13-9-19)26-25(33)27-23(29)18-10-14-22(15-11-18)32-17-16-31-21-6-4-3-5-7-21/h3-15H,16-17H2,1-2H3,(H2,26,27,29,33). The van der Waals surface area contributed by atoms with Gasteiger partial charge in [0, 0.05) is 30.9 Å². The number of hydrogen-bond acceptors (Lipinski definition) is 5. The Bertz CT molecular complexity index is 1080. The van der Waals surface area contributed by atoms with Crippen LogP contribution in [0.2, 0.25) is 0 Å². The van der Waals surface area contributed by atoms with E-state index in [0.29, 0.717) is 35.8 Å². The third kappa shape index (κ3) is 7.33. The number of amides is 2. The van der Waals surface area contributed by atoms with Crippen molar-refractivity contribution in [1.82, 2.24) is 10.2 Å². The van der Waals surface area contributed by atoms with Crippen LogP contribution in [0.1, 0.15) is 20.7 Å². The van der Waals surface area contributed by atoms with Crippen LogP contribution in [-0.2, 0) is 0 Å². The molecule has 33 heavy (non-hydrogen) atoms. The quantitative estimate of drug-likeness (QED) is 0.389. The Morgan fingerprint density at radius 2 is 1.33 bits per heavy atom. The first-order valence-electron chi connectivity index (χ1n) is 10.3. The Morgan fingerprint density at radius 3 is 1.91 bits per heavy atom. The van der Waals surface area contributed by atoms with Crippen LogP contribution in [0.15, 0.2) is 78.9 Å². The van der Waals surface area contributed by atoms with Crippen molar-refractivity contribution in [2.75, 3.05) is 32.6 Å². The van der Waals surface area contributed by atoms with Crippen molar-refractivity contribution < 1.29 is 19.1 Å². The monoisotopic (exact) mass is 463 g/mol. The molecule has 2 N–H and O–H groups in total. The molecule has 0 fully saturated rings. The zero-order valence-electron chi connectivity index (χ0n) is 18.4. The van der Waals surface area contributed by atoms with Gasteiger partial charge in [-0.3, -0.25) is 14.9 Å². The van der Waals surface area contributed by atoms with E-state index in [0.717, 1.165) is 5.75 Å². The van der Waals surface area contributed by atoms with Gasteiger partial charge < -0.3 is 19.7 Å². The minimum atomic E-state index is -0.342. The maximum Gasteiger partial charge on any atom is 0.257 e. The molecule has 0 saturated heterocycles. The lowest BCUT2D eigenvalue weighted by atomic mass is 10.2. The molecule has 2 amide bonds. The molecule has 0 aliphatic carbocycles. The van der Waals surface area contributed by atoms with E-state index in [1.165, 1.54) is 4.90 Å². The molecule has 0 aliphatic rings. The van der Waals surface area contributed by atoms with Crippen LogP contribution in [0.25, 0.3) is 0 Å². The zero-order chi connectivity index (χ0) is 23.6. The fraction of sp³-hybridized carbons (Fsp3) is 0.160. The fourth-order valence-corrected chi connectivity index (χ4v) is 3.04. The summed E-state index contributed by atoms with van der Waals surface area (Å²) in [5.74, 6) is 0.992. The van der Waals surface area contributed by atoms with Crippen molar-refractivity contribution in [2.24, 2.45) is 0 Å². The molecule has 0 spiro atoms. The number of ether oxygens (including phenoxy) is 2. The second-order valence-electron chi connectivity index (χ2n) is 7.22. The van der Waals surface area contributed by atoms with Gasteiger partial charge in [0.2, 0.25) is 0 Å². The molecule has 170 valence electrons.